The molecule has 28 heavy (non-hydrogen) atoms. The van der Waals surface area contributed by atoms with Gasteiger partial charge in [-0.25, -0.2) is 14.9 Å². The average Bonchev–Trinajstić information content (AvgIpc) is 3.13. The first-order valence-electron chi connectivity index (χ1n) is 8.57. The summed E-state index contributed by atoms with van der Waals surface area (Å²) in [6.45, 7) is 2.18. The smallest absolute Gasteiger partial charge is 0.365 e. The Morgan fingerprint density at radius 2 is 1.86 bits per heavy atom. The number of aromatic amines is 1. The van der Waals surface area contributed by atoms with Crippen molar-refractivity contribution in [3.05, 3.63) is 87.3 Å². The van der Waals surface area contributed by atoms with E-state index in [-0.39, 0.29) is 6.61 Å². The second kappa shape index (κ2) is 7.66. The number of H-pyrrole nitrogens is 1. The first kappa shape index (κ1) is 17.9. The molecule has 0 unspecified atom stereocenters. The summed E-state index contributed by atoms with van der Waals surface area (Å²) >= 11 is 5.95. The number of aryl methyl sites for hydroxylation is 1. The monoisotopic (exact) mass is 393 g/mol. The molecule has 0 amide bonds. The summed E-state index contributed by atoms with van der Waals surface area (Å²) in [5, 5.41) is 10.3. The predicted octanol–water partition coefficient (Wildman–Crippen LogP) is 3.56. The van der Waals surface area contributed by atoms with Gasteiger partial charge in [-0.1, -0.05) is 41.9 Å². The Balaban J connectivity index is 1.61. The Labute approximate surface area is 165 Å². The standard InChI is InChI=1S/C20H16ClN5O2/c1-13-4-2-6-18(26-20(27)23-24-25-26)16(13)12-28-19-7-3-5-17(22-19)14-8-10-15(21)11-9-14/h2-11H,12H2,1H3,(H,23,25,27). The zero-order valence-electron chi connectivity index (χ0n) is 15.0. The number of halogens is 1. The number of hydrogen-bond donors (Lipinski definition) is 1. The van der Waals surface area contributed by atoms with Gasteiger partial charge in [-0.05, 0) is 47.2 Å². The highest BCUT2D eigenvalue weighted by Crippen LogP contribution is 2.23. The van der Waals surface area contributed by atoms with Crippen LogP contribution >= 0.6 is 11.6 Å². The number of nitrogens with one attached hydrogen (secondary N) is 1. The fourth-order valence-corrected chi connectivity index (χ4v) is 2.98. The molecule has 0 saturated carbocycles. The molecule has 4 aromatic rings. The van der Waals surface area contributed by atoms with Crippen molar-refractivity contribution < 1.29 is 4.74 Å². The molecule has 0 aliphatic rings. The lowest BCUT2D eigenvalue weighted by atomic mass is 10.1. The van der Waals surface area contributed by atoms with Crippen LogP contribution in [0.5, 0.6) is 5.88 Å². The molecule has 8 heteroatoms. The molecule has 0 aliphatic heterocycles. The van der Waals surface area contributed by atoms with Crippen molar-refractivity contribution in [2.45, 2.75) is 13.5 Å². The fraction of sp³-hybridized carbons (Fsp3) is 0.100. The van der Waals surface area contributed by atoms with Crippen LogP contribution in [0.1, 0.15) is 11.1 Å². The summed E-state index contributed by atoms with van der Waals surface area (Å²) < 4.78 is 7.14. The second-order valence-corrected chi connectivity index (χ2v) is 6.58. The van der Waals surface area contributed by atoms with Gasteiger partial charge in [0.25, 0.3) is 0 Å². The number of pyridine rings is 1. The third kappa shape index (κ3) is 3.65. The lowest BCUT2D eigenvalue weighted by molar-refractivity contribution is 0.293. The number of rotatable bonds is 5. The van der Waals surface area contributed by atoms with E-state index in [1.165, 1.54) is 4.68 Å². The molecule has 140 valence electrons. The highest BCUT2D eigenvalue weighted by molar-refractivity contribution is 6.30. The fourth-order valence-electron chi connectivity index (χ4n) is 2.85. The number of ether oxygens (including phenoxy) is 1. The third-order valence-electron chi connectivity index (χ3n) is 4.31. The minimum atomic E-state index is -0.408. The molecule has 0 saturated heterocycles. The Morgan fingerprint density at radius 3 is 2.61 bits per heavy atom. The zero-order chi connectivity index (χ0) is 19.5. The van der Waals surface area contributed by atoms with E-state index in [0.29, 0.717) is 16.6 Å². The van der Waals surface area contributed by atoms with Crippen molar-refractivity contribution >= 4 is 11.6 Å². The van der Waals surface area contributed by atoms with Gasteiger partial charge in [0.2, 0.25) is 5.88 Å². The first-order chi connectivity index (χ1) is 13.6. The maximum absolute atomic E-state index is 11.9. The number of nitrogens with zero attached hydrogens (tertiary/aromatic N) is 4. The molecular weight excluding hydrogens is 378 g/mol. The molecule has 0 fully saturated rings. The molecule has 7 nitrogen and oxygen atoms in total. The molecular formula is C20H16ClN5O2. The Morgan fingerprint density at radius 1 is 1.07 bits per heavy atom. The van der Waals surface area contributed by atoms with E-state index in [4.69, 9.17) is 16.3 Å². The quantitative estimate of drug-likeness (QED) is 0.560. The molecule has 0 aliphatic carbocycles. The molecule has 2 aromatic carbocycles. The SMILES string of the molecule is Cc1cccc(-n2nn[nH]c2=O)c1COc1cccc(-c2ccc(Cl)cc2)n1. The van der Waals surface area contributed by atoms with Crippen molar-refractivity contribution in [2.75, 3.05) is 0 Å². The van der Waals surface area contributed by atoms with Gasteiger partial charge in [0.1, 0.15) is 6.61 Å². The minimum Gasteiger partial charge on any atom is -0.473 e. The van der Waals surface area contributed by atoms with Gasteiger partial charge in [0.15, 0.2) is 0 Å². The highest BCUT2D eigenvalue weighted by Gasteiger charge is 2.12. The summed E-state index contributed by atoms with van der Waals surface area (Å²) in [6, 6.07) is 18.6. The number of hydrogen-bond acceptors (Lipinski definition) is 5. The topological polar surface area (TPSA) is 85.7 Å². The maximum atomic E-state index is 11.9. The minimum absolute atomic E-state index is 0.235. The van der Waals surface area contributed by atoms with E-state index in [1.807, 2.05) is 55.5 Å². The van der Waals surface area contributed by atoms with E-state index in [2.05, 4.69) is 20.5 Å². The lowest BCUT2D eigenvalue weighted by Crippen LogP contribution is -2.18. The van der Waals surface area contributed by atoms with Gasteiger partial charge < -0.3 is 4.74 Å². The largest absolute Gasteiger partial charge is 0.473 e. The molecule has 2 heterocycles. The lowest BCUT2D eigenvalue weighted by Gasteiger charge is -2.13. The molecule has 2 aromatic heterocycles. The normalized spacial score (nSPS) is 10.8. The van der Waals surface area contributed by atoms with Gasteiger partial charge >= 0.3 is 5.69 Å². The van der Waals surface area contributed by atoms with Gasteiger partial charge in [0.05, 0.1) is 11.4 Å². The van der Waals surface area contributed by atoms with E-state index in [1.54, 1.807) is 12.1 Å². The summed E-state index contributed by atoms with van der Waals surface area (Å²) in [6.07, 6.45) is 0. The summed E-state index contributed by atoms with van der Waals surface area (Å²) in [5.74, 6) is 0.481. The van der Waals surface area contributed by atoms with Crippen LogP contribution in [0.3, 0.4) is 0 Å². The predicted molar refractivity (Wildman–Crippen MR) is 106 cm³/mol. The van der Waals surface area contributed by atoms with Gasteiger partial charge in [-0.15, -0.1) is 0 Å². The van der Waals surface area contributed by atoms with Crippen molar-refractivity contribution in [3.63, 3.8) is 0 Å². The number of benzene rings is 2. The zero-order valence-corrected chi connectivity index (χ0v) is 15.7. The Bertz CT molecular complexity index is 1170. The average molecular weight is 394 g/mol. The van der Waals surface area contributed by atoms with Crippen LogP contribution in [0.15, 0.2) is 65.5 Å². The molecule has 0 bridgehead atoms. The van der Waals surface area contributed by atoms with E-state index in [0.717, 1.165) is 22.4 Å². The van der Waals surface area contributed by atoms with E-state index in [9.17, 15) is 4.79 Å². The Hall–Kier alpha value is -3.45. The molecule has 0 radical (unpaired) electrons. The second-order valence-electron chi connectivity index (χ2n) is 6.15. The molecule has 0 spiro atoms. The number of aromatic nitrogens is 5. The van der Waals surface area contributed by atoms with Crippen LogP contribution in [-0.2, 0) is 6.61 Å². The van der Waals surface area contributed by atoms with Crippen LogP contribution in [-0.4, -0.2) is 25.2 Å². The summed E-state index contributed by atoms with van der Waals surface area (Å²) in [4.78, 5) is 16.5. The van der Waals surface area contributed by atoms with Crippen molar-refractivity contribution in [1.29, 1.82) is 0 Å². The summed E-state index contributed by atoms with van der Waals surface area (Å²) in [5.41, 5.74) is 3.74. The van der Waals surface area contributed by atoms with Crippen molar-refractivity contribution in [1.82, 2.24) is 25.2 Å². The van der Waals surface area contributed by atoms with Crippen LogP contribution in [0.25, 0.3) is 16.9 Å². The third-order valence-corrected chi connectivity index (χ3v) is 4.57. The van der Waals surface area contributed by atoms with Gasteiger partial charge in [0, 0.05) is 22.2 Å². The van der Waals surface area contributed by atoms with Crippen LogP contribution in [0, 0.1) is 6.92 Å². The van der Waals surface area contributed by atoms with E-state index >= 15 is 0 Å². The van der Waals surface area contributed by atoms with Gasteiger partial charge in [-0.3, -0.25) is 0 Å². The van der Waals surface area contributed by atoms with Crippen LogP contribution in [0.4, 0.5) is 0 Å². The molecule has 4 rings (SSSR count). The Kier molecular flexibility index (Phi) is 4.90. The van der Waals surface area contributed by atoms with Crippen LogP contribution in [0.2, 0.25) is 5.02 Å². The van der Waals surface area contributed by atoms with Gasteiger partial charge in [-0.2, -0.15) is 4.68 Å². The molecule has 1 N–H and O–H groups in total. The first-order valence-corrected chi connectivity index (χ1v) is 8.94. The van der Waals surface area contributed by atoms with E-state index < -0.39 is 5.69 Å². The van der Waals surface area contributed by atoms with Crippen molar-refractivity contribution in [2.24, 2.45) is 0 Å². The number of tetrazole rings is 1. The van der Waals surface area contributed by atoms with Crippen molar-refractivity contribution in [3.8, 4) is 22.8 Å². The van der Waals surface area contributed by atoms with Crippen LogP contribution < -0.4 is 10.4 Å². The molecule has 0 atom stereocenters. The summed E-state index contributed by atoms with van der Waals surface area (Å²) in [7, 11) is 0. The highest BCUT2D eigenvalue weighted by atomic mass is 35.5. The maximum Gasteiger partial charge on any atom is 0.365 e.